The molecule has 0 saturated heterocycles. The number of rotatable bonds is 7. The molecule has 0 radical (unpaired) electrons. The van der Waals surface area contributed by atoms with Crippen LogP contribution in [-0.2, 0) is 11.3 Å². The van der Waals surface area contributed by atoms with Gasteiger partial charge in [0.15, 0.2) is 5.96 Å². The summed E-state index contributed by atoms with van der Waals surface area (Å²) in [6.07, 6.45) is -4.42. The first-order valence-corrected chi connectivity index (χ1v) is 7.72. The van der Waals surface area contributed by atoms with E-state index >= 15 is 0 Å². The van der Waals surface area contributed by atoms with Gasteiger partial charge in [0.05, 0.1) is 13.2 Å². The number of para-hydroxylation sites is 1. The van der Waals surface area contributed by atoms with Crippen molar-refractivity contribution in [2.75, 3.05) is 33.8 Å². The van der Waals surface area contributed by atoms with E-state index in [9.17, 15) is 18.0 Å². The van der Waals surface area contributed by atoms with Crippen LogP contribution in [0.5, 0.6) is 5.75 Å². The molecule has 0 saturated carbocycles. The Morgan fingerprint density at radius 2 is 1.96 bits per heavy atom. The molecule has 0 fully saturated rings. The lowest BCUT2D eigenvalue weighted by molar-refractivity contribution is -0.157. The molecule has 0 aliphatic carbocycles. The van der Waals surface area contributed by atoms with Crippen molar-refractivity contribution in [3.63, 3.8) is 0 Å². The van der Waals surface area contributed by atoms with Crippen LogP contribution < -0.4 is 15.4 Å². The molecule has 0 aliphatic rings. The molecule has 0 aromatic heterocycles. The molecule has 1 aromatic rings. The average Bonchev–Trinajstić information content (AvgIpc) is 2.54. The van der Waals surface area contributed by atoms with Crippen molar-refractivity contribution in [3.05, 3.63) is 29.8 Å². The van der Waals surface area contributed by atoms with Crippen molar-refractivity contribution in [2.45, 2.75) is 19.6 Å². The van der Waals surface area contributed by atoms with Crippen LogP contribution in [0.1, 0.15) is 12.5 Å². The second-order valence-corrected chi connectivity index (χ2v) is 5.19. The number of nitrogens with zero attached hydrogens (tertiary/aromatic N) is 2. The molecule has 0 spiro atoms. The highest BCUT2D eigenvalue weighted by molar-refractivity contribution is 5.86. The second kappa shape index (κ2) is 9.75. The van der Waals surface area contributed by atoms with Gasteiger partial charge in [-0.05, 0) is 13.0 Å². The Labute approximate surface area is 145 Å². The van der Waals surface area contributed by atoms with Gasteiger partial charge in [0, 0.05) is 26.2 Å². The predicted octanol–water partition coefficient (Wildman–Crippen LogP) is 1.77. The molecule has 9 heteroatoms. The molecule has 0 unspecified atom stereocenters. The number of halogens is 3. The summed E-state index contributed by atoms with van der Waals surface area (Å²) in [5.41, 5.74) is 0.896. The van der Waals surface area contributed by atoms with Crippen molar-refractivity contribution in [1.82, 2.24) is 15.5 Å². The van der Waals surface area contributed by atoms with E-state index in [1.54, 1.807) is 0 Å². The topological polar surface area (TPSA) is 66.0 Å². The van der Waals surface area contributed by atoms with Crippen molar-refractivity contribution in [2.24, 2.45) is 4.99 Å². The van der Waals surface area contributed by atoms with Crippen LogP contribution >= 0.6 is 0 Å². The molecular formula is C16H23F3N4O2. The second-order valence-electron chi connectivity index (χ2n) is 5.19. The summed E-state index contributed by atoms with van der Waals surface area (Å²) < 4.78 is 42.3. The Morgan fingerprint density at radius 1 is 1.28 bits per heavy atom. The Morgan fingerprint density at radius 3 is 2.56 bits per heavy atom. The fourth-order valence-corrected chi connectivity index (χ4v) is 2.00. The number of amides is 1. The van der Waals surface area contributed by atoms with E-state index in [0.717, 1.165) is 18.4 Å². The Balaban J connectivity index is 2.52. The van der Waals surface area contributed by atoms with Gasteiger partial charge in [-0.25, -0.2) is 0 Å². The Hall–Kier alpha value is -2.45. The minimum absolute atomic E-state index is 0.292. The van der Waals surface area contributed by atoms with Crippen molar-refractivity contribution in [1.29, 1.82) is 0 Å². The highest BCUT2D eigenvalue weighted by Crippen LogP contribution is 2.17. The molecule has 2 N–H and O–H groups in total. The molecule has 0 aliphatic heterocycles. The van der Waals surface area contributed by atoms with Gasteiger partial charge in [-0.15, -0.1) is 0 Å². The van der Waals surface area contributed by atoms with E-state index in [0.29, 0.717) is 24.0 Å². The zero-order chi connectivity index (χ0) is 18.9. The van der Waals surface area contributed by atoms with E-state index in [4.69, 9.17) is 4.74 Å². The van der Waals surface area contributed by atoms with Gasteiger partial charge in [-0.3, -0.25) is 9.79 Å². The number of hydrogen-bond acceptors (Lipinski definition) is 3. The number of ether oxygens (including phenoxy) is 1. The van der Waals surface area contributed by atoms with Gasteiger partial charge in [0.2, 0.25) is 5.91 Å². The lowest BCUT2D eigenvalue weighted by atomic mass is 10.2. The van der Waals surface area contributed by atoms with Crippen molar-refractivity contribution in [3.8, 4) is 5.75 Å². The van der Waals surface area contributed by atoms with Crippen LogP contribution in [0.2, 0.25) is 0 Å². The maximum atomic E-state index is 12.3. The number of benzene rings is 1. The molecule has 1 rings (SSSR count). The maximum Gasteiger partial charge on any atom is 0.406 e. The summed E-state index contributed by atoms with van der Waals surface area (Å²) in [6.45, 7) is 1.22. The lowest BCUT2D eigenvalue weighted by Crippen LogP contribution is -2.45. The molecule has 6 nitrogen and oxygen atoms in total. The number of carbonyl (C=O) groups is 1. The summed E-state index contributed by atoms with van der Waals surface area (Å²) in [7, 11) is 2.61. The summed E-state index contributed by atoms with van der Waals surface area (Å²) in [5.74, 6) is 0.351. The molecule has 0 bridgehead atoms. The number of likely N-dealkylation sites (N-methyl/N-ethyl adjacent to an activating group) is 1. The molecule has 1 aromatic carbocycles. The fourth-order valence-electron chi connectivity index (χ4n) is 2.00. The predicted molar refractivity (Wildman–Crippen MR) is 89.5 cm³/mol. The highest BCUT2D eigenvalue weighted by atomic mass is 19.4. The average molecular weight is 360 g/mol. The number of nitrogens with one attached hydrogen (secondary N) is 2. The van der Waals surface area contributed by atoms with Gasteiger partial charge in [-0.2, -0.15) is 13.2 Å². The van der Waals surface area contributed by atoms with E-state index in [2.05, 4.69) is 15.6 Å². The van der Waals surface area contributed by atoms with Crippen LogP contribution in [0.25, 0.3) is 0 Å². The zero-order valence-corrected chi connectivity index (χ0v) is 14.5. The number of aliphatic imine (C=N–C) groups is 1. The number of guanidine groups is 1. The third-order valence-electron chi connectivity index (χ3n) is 3.19. The largest absolute Gasteiger partial charge is 0.494 e. The van der Waals surface area contributed by atoms with E-state index in [1.165, 1.54) is 7.05 Å². The van der Waals surface area contributed by atoms with E-state index < -0.39 is 18.6 Å². The molecule has 0 heterocycles. The Kier molecular flexibility index (Phi) is 8.03. The van der Waals surface area contributed by atoms with Crippen LogP contribution in [0.4, 0.5) is 13.2 Å². The molecule has 25 heavy (non-hydrogen) atoms. The lowest BCUT2D eigenvalue weighted by Gasteiger charge is -2.20. The van der Waals surface area contributed by atoms with Crippen LogP contribution in [-0.4, -0.2) is 56.7 Å². The maximum absolute atomic E-state index is 12.3. The van der Waals surface area contributed by atoms with E-state index in [1.807, 2.05) is 31.2 Å². The Bertz CT molecular complexity index is 591. The van der Waals surface area contributed by atoms with Crippen LogP contribution in [0, 0.1) is 0 Å². The summed E-state index contributed by atoms with van der Waals surface area (Å²) in [6, 6.07) is 7.45. The van der Waals surface area contributed by atoms with Crippen LogP contribution in [0.15, 0.2) is 29.3 Å². The minimum Gasteiger partial charge on any atom is -0.494 e. The number of alkyl halides is 3. The molecule has 140 valence electrons. The third-order valence-corrected chi connectivity index (χ3v) is 3.19. The first-order chi connectivity index (χ1) is 11.8. The van der Waals surface area contributed by atoms with E-state index in [-0.39, 0.29) is 6.54 Å². The first kappa shape index (κ1) is 20.6. The smallest absolute Gasteiger partial charge is 0.406 e. The zero-order valence-electron chi connectivity index (χ0n) is 14.5. The summed E-state index contributed by atoms with van der Waals surface area (Å²) >= 11 is 0. The highest BCUT2D eigenvalue weighted by Gasteiger charge is 2.31. The summed E-state index contributed by atoms with van der Waals surface area (Å²) in [4.78, 5) is 16.3. The standard InChI is InChI=1S/C16H23F3N4O2/c1-4-25-13-8-6-5-7-12(13)9-21-15(20-2)22-10-14(24)23(3)11-16(17,18)19/h5-8H,4,9-11H2,1-3H3,(H2,20,21,22). The van der Waals surface area contributed by atoms with Gasteiger partial charge in [0.25, 0.3) is 0 Å². The van der Waals surface area contributed by atoms with Crippen molar-refractivity contribution < 1.29 is 22.7 Å². The minimum atomic E-state index is -4.42. The van der Waals surface area contributed by atoms with Gasteiger partial charge >= 0.3 is 6.18 Å². The van der Waals surface area contributed by atoms with Crippen LogP contribution in [0.3, 0.4) is 0 Å². The van der Waals surface area contributed by atoms with Gasteiger partial charge in [-0.1, -0.05) is 18.2 Å². The number of hydrogen-bond donors (Lipinski definition) is 2. The van der Waals surface area contributed by atoms with Gasteiger partial charge in [0.1, 0.15) is 12.3 Å². The quantitative estimate of drug-likeness (QED) is 0.575. The van der Waals surface area contributed by atoms with Crippen molar-refractivity contribution >= 4 is 11.9 Å². The summed E-state index contributed by atoms with van der Waals surface area (Å²) in [5, 5.41) is 5.69. The normalized spacial score (nSPS) is 11.8. The first-order valence-electron chi connectivity index (χ1n) is 7.72. The van der Waals surface area contributed by atoms with Gasteiger partial charge < -0.3 is 20.3 Å². The monoisotopic (exact) mass is 360 g/mol. The fraction of sp³-hybridized carbons (Fsp3) is 0.500. The third kappa shape index (κ3) is 7.77. The number of carbonyl (C=O) groups excluding carboxylic acids is 1. The molecular weight excluding hydrogens is 337 g/mol. The molecule has 1 amide bonds. The molecule has 0 atom stereocenters. The SMILES string of the molecule is CCOc1ccccc1CNC(=NC)NCC(=O)N(C)CC(F)(F)F.